The second-order valence-electron chi connectivity index (χ2n) is 2.90. The van der Waals surface area contributed by atoms with Crippen molar-refractivity contribution in [3.8, 4) is 0 Å². The highest BCUT2D eigenvalue weighted by Gasteiger charge is 2.38. The van der Waals surface area contributed by atoms with Gasteiger partial charge in [-0.1, -0.05) is 46.9 Å². The summed E-state index contributed by atoms with van der Waals surface area (Å²) in [6, 6.07) is 4.43. The lowest BCUT2D eigenvalue weighted by atomic mass is 10.0. The molecule has 0 fully saturated rings. The molecule has 78 valence electrons. The molecular formula is C9H3Cl3O3. The Bertz CT molecular complexity index is 462. The van der Waals surface area contributed by atoms with Crippen LogP contribution in [0.1, 0.15) is 26.3 Å². The summed E-state index contributed by atoms with van der Waals surface area (Å²) in [7, 11) is 0. The Labute approximate surface area is 99.9 Å². The summed E-state index contributed by atoms with van der Waals surface area (Å²) in [6.45, 7) is 0. The molecule has 0 saturated carbocycles. The quantitative estimate of drug-likeness (QED) is 0.411. The molecule has 6 heteroatoms. The number of hydrogen-bond donors (Lipinski definition) is 0. The van der Waals surface area contributed by atoms with Crippen LogP contribution in [0.2, 0.25) is 0 Å². The van der Waals surface area contributed by atoms with Crippen LogP contribution in [-0.2, 0) is 8.53 Å². The number of benzene rings is 1. The zero-order chi connectivity index (χ0) is 11.2. The van der Waals surface area contributed by atoms with Crippen LogP contribution in [0.3, 0.4) is 0 Å². The van der Waals surface area contributed by atoms with E-state index < -0.39 is 15.7 Å². The summed E-state index contributed by atoms with van der Waals surface area (Å²) in [6.07, 6.45) is 0. The van der Waals surface area contributed by atoms with Gasteiger partial charge in [-0.3, -0.25) is 0 Å². The smallest absolute Gasteiger partial charge is 0.347 e. The van der Waals surface area contributed by atoms with Crippen molar-refractivity contribution in [2.24, 2.45) is 0 Å². The van der Waals surface area contributed by atoms with Gasteiger partial charge in [0.25, 0.3) is 0 Å². The maximum atomic E-state index is 11.3. The van der Waals surface area contributed by atoms with Crippen LogP contribution in [0, 0.1) is 0 Å². The molecule has 0 bridgehead atoms. The number of esters is 2. The van der Waals surface area contributed by atoms with Gasteiger partial charge >= 0.3 is 11.9 Å². The third-order valence-corrected chi connectivity index (χ3v) is 2.59. The maximum Gasteiger partial charge on any atom is 0.347 e. The fourth-order valence-corrected chi connectivity index (χ4v) is 1.84. The van der Waals surface area contributed by atoms with E-state index in [9.17, 15) is 9.59 Å². The molecule has 0 amide bonds. The Kier molecular flexibility index (Phi) is 2.41. The number of fused-ring (bicyclic) bond motifs is 1. The third-order valence-electron chi connectivity index (χ3n) is 1.98. The molecule has 0 aromatic heterocycles. The SMILES string of the molecule is O=C1OC(=O)c2c1cccc2C(Cl)(Cl)Cl. The first kappa shape index (κ1) is 10.7. The third kappa shape index (κ3) is 1.71. The predicted octanol–water partition coefficient (Wildman–Crippen LogP) is 2.82. The molecule has 0 radical (unpaired) electrons. The number of carbonyl (C=O) groups is 2. The zero-order valence-electron chi connectivity index (χ0n) is 7.09. The van der Waals surface area contributed by atoms with Gasteiger partial charge < -0.3 is 4.74 Å². The summed E-state index contributed by atoms with van der Waals surface area (Å²) < 4.78 is 2.66. The molecule has 2 rings (SSSR count). The van der Waals surface area contributed by atoms with Crippen molar-refractivity contribution in [3.63, 3.8) is 0 Å². The van der Waals surface area contributed by atoms with Crippen molar-refractivity contribution in [2.45, 2.75) is 3.79 Å². The van der Waals surface area contributed by atoms with E-state index in [2.05, 4.69) is 4.74 Å². The minimum atomic E-state index is -1.75. The lowest BCUT2D eigenvalue weighted by Gasteiger charge is -2.12. The first-order chi connectivity index (χ1) is 6.91. The number of halogens is 3. The Morgan fingerprint density at radius 3 is 2.33 bits per heavy atom. The molecular weight excluding hydrogens is 262 g/mol. The van der Waals surface area contributed by atoms with Gasteiger partial charge in [0.15, 0.2) is 0 Å². The van der Waals surface area contributed by atoms with Gasteiger partial charge in [0.05, 0.1) is 11.1 Å². The number of cyclic esters (lactones) is 2. The average Bonchev–Trinajstić information content (AvgIpc) is 2.41. The van der Waals surface area contributed by atoms with Crippen LogP contribution >= 0.6 is 34.8 Å². The van der Waals surface area contributed by atoms with Gasteiger partial charge in [0.2, 0.25) is 3.79 Å². The van der Waals surface area contributed by atoms with Crippen molar-refractivity contribution < 1.29 is 14.3 Å². The Hall–Kier alpha value is -0.770. The topological polar surface area (TPSA) is 43.4 Å². The van der Waals surface area contributed by atoms with Gasteiger partial charge in [-0.2, -0.15) is 0 Å². The number of rotatable bonds is 0. The van der Waals surface area contributed by atoms with E-state index >= 15 is 0 Å². The molecule has 0 unspecified atom stereocenters. The van der Waals surface area contributed by atoms with E-state index in [-0.39, 0.29) is 16.7 Å². The van der Waals surface area contributed by atoms with E-state index in [1.807, 2.05) is 0 Å². The summed E-state index contributed by atoms with van der Waals surface area (Å²) in [5, 5.41) is 0. The molecule has 1 heterocycles. The lowest BCUT2D eigenvalue weighted by molar-refractivity contribution is 0.0443. The number of hydrogen-bond acceptors (Lipinski definition) is 3. The summed E-state index contributed by atoms with van der Waals surface area (Å²) in [4.78, 5) is 22.5. The normalized spacial score (nSPS) is 15.1. The van der Waals surface area contributed by atoms with Crippen LogP contribution in [0.15, 0.2) is 18.2 Å². The number of carbonyl (C=O) groups excluding carboxylic acids is 2. The first-order valence-corrected chi connectivity index (χ1v) is 5.01. The summed E-state index contributed by atoms with van der Waals surface area (Å²) >= 11 is 17.0. The molecule has 1 aromatic carbocycles. The lowest BCUT2D eigenvalue weighted by Crippen LogP contribution is -2.08. The Morgan fingerprint density at radius 2 is 1.73 bits per heavy atom. The van der Waals surface area contributed by atoms with Crippen molar-refractivity contribution in [1.29, 1.82) is 0 Å². The van der Waals surface area contributed by atoms with Gasteiger partial charge in [0, 0.05) is 5.56 Å². The molecule has 1 aromatic rings. The molecule has 3 nitrogen and oxygen atoms in total. The van der Waals surface area contributed by atoms with E-state index in [1.165, 1.54) is 18.2 Å². The van der Waals surface area contributed by atoms with Gasteiger partial charge in [0.1, 0.15) is 0 Å². The minimum absolute atomic E-state index is 0.0301. The van der Waals surface area contributed by atoms with Crippen molar-refractivity contribution in [3.05, 3.63) is 34.9 Å². The zero-order valence-corrected chi connectivity index (χ0v) is 9.36. The van der Waals surface area contributed by atoms with E-state index in [1.54, 1.807) is 0 Å². The molecule has 0 aliphatic carbocycles. The fraction of sp³-hybridized carbons (Fsp3) is 0.111. The van der Waals surface area contributed by atoms with Crippen LogP contribution in [0.25, 0.3) is 0 Å². The fourth-order valence-electron chi connectivity index (χ4n) is 1.37. The van der Waals surface area contributed by atoms with Crippen LogP contribution in [0.4, 0.5) is 0 Å². The Morgan fingerprint density at radius 1 is 1.07 bits per heavy atom. The number of ether oxygens (including phenoxy) is 1. The van der Waals surface area contributed by atoms with E-state index in [0.717, 1.165) is 0 Å². The molecule has 0 N–H and O–H groups in total. The average molecular weight is 265 g/mol. The molecule has 1 aliphatic rings. The monoisotopic (exact) mass is 264 g/mol. The second-order valence-corrected chi connectivity index (χ2v) is 5.18. The van der Waals surface area contributed by atoms with Crippen LogP contribution in [-0.4, -0.2) is 11.9 Å². The summed E-state index contributed by atoms with van der Waals surface area (Å²) in [5.74, 6) is -1.50. The molecule has 15 heavy (non-hydrogen) atoms. The summed E-state index contributed by atoms with van der Waals surface area (Å²) in [5.41, 5.74) is 0.312. The van der Waals surface area contributed by atoms with Crippen molar-refractivity contribution in [1.82, 2.24) is 0 Å². The van der Waals surface area contributed by atoms with E-state index in [0.29, 0.717) is 0 Å². The van der Waals surface area contributed by atoms with Gasteiger partial charge in [-0.15, -0.1) is 0 Å². The van der Waals surface area contributed by atoms with Gasteiger partial charge in [-0.25, -0.2) is 9.59 Å². The van der Waals surface area contributed by atoms with Crippen LogP contribution < -0.4 is 0 Å². The maximum absolute atomic E-state index is 11.3. The highest BCUT2D eigenvalue weighted by molar-refractivity contribution is 6.67. The standard InChI is InChI=1S/C9H3Cl3O3/c10-9(11,12)5-3-1-2-4-6(5)8(14)15-7(4)13/h1-3H. The molecule has 0 saturated heterocycles. The van der Waals surface area contributed by atoms with Crippen molar-refractivity contribution >= 4 is 46.7 Å². The van der Waals surface area contributed by atoms with Gasteiger partial charge in [-0.05, 0) is 6.07 Å². The molecule has 0 atom stereocenters. The van der Waals surface area contributed by atoms with Crippen LogP contribution in [0.5, 0.6) is 0 Å². The largest absolute Gasteiger partial charge is 0.386 e. The Balaban J connectivity index is 2.71. The highest BCUT2D eigenvalue weighted by Crippen LogP contribution is 2.42. The number of alkyl halides is 3. The molecule has 1 aliphatic heterocycles. The molecule has 0 spiro atoms. The van der Waals surface area contributed by atoms with E-state index in [4.69, 9.17) is 34.8 Å². The minimum Gasteiger partial charge on any atom is -0.386 e. The second kappa shape index (κ2) is 3.37. The predicted molar refractivity (Wildman–Crippen MR) is 55.4 cm³/mol. The first-order valence-electron chi connectivity index (χ1n) is 3.88. The van der Waals surface area contributed by atoms with Crippen molar-refractivity contribution in [2.75, 3.05) is 0 Å². The highest BCUT2D eigenvalue weighted by atomic mass is 35.6.